The third-order valence-corrected chi connectivity index (χ3v) is 2.81. The highest BCUT2D eigenvalue weighted by atomic mass is 19.4. The Bertz CT molecular complexity index is 299. The minimum Gasteiger partial charge on any atom is -0.373 e. The van der Waals surface area contributed by atoms with E-state index in [-0.39, 0.29) is 31.1 Å². The molecule has 1 amide bonds. The van der Waals surface area contributed by atoms with E-state index in [0.717, 1.165) is 0 Å². The monoisotopic (exact) mass is 284 g/mol. The highest BCUT2D eigenvalue weighted by Gasteiger charge is 2.30. The van der Waals surface area contributed by atoms with Crippen molar-refractivity contribution in [3.05, 3.63) is 0 Å². The summed E-state index contributed by atoms with van der Waals surface area (Å²) in [6, 6.07) is -0.0992. The van der Waals surface area contributed by atoms with Crippen LogP contribution in [0, 0.1) is 0 Å². The lowest BCUT2D eigenvalue weighted by Gasteiger charge is -2.37. The van der Waals surface area contributed by atoms with Crippen molar-refractivity contribution in [2.45, 2.75) is 31.7 Å². The van der Waals surface area contributed by atoms with E-state index in [4.69, 9.17) is 10.5 Å². The van der Waals surface area contributed by atoms with E-state index in [2.05, 4.69) is 4.74 Å². The molecule has 1 fully saturated rings. The largest absolute Gasteiger partial charge is 0.411 e. The van der Waals surface area contributed by atoms with Crippen LogP contribution < -0.4 is 5.73 Å². The zero-order valence-electron chi connectivity index (χ0n) is 10.8. The van der Waals surface area contributed by atoms with Crippen molar-refractivity contribution in [3.63, 3.8) is 0 Å². The molecule has 19 heavy (non-hydrogen) atoms. The molecule has 0 aromatic heterocycles. The normalized spacial score (nSPS) is 24.6. The Morgan fingerprint density at radius 3 is 2.79 bits per heavy atom. The molecule has 112 valence electrons. The van der Waals surface area contributed by atoms with Crippen LogP contribution in [0.15, 0.2) is 0 Å². The van der Waals surface area contributed by atoms with Gasteiger partial charge in [0.1, 0.15) is 6.61 Å². The van der Waals surface area contributed by atoms with Gasteiger partial charge in [0, 0.05) is 13.1 Å². The summed E-state index contributed by atoms with van der Waals surface area (Å²) in [5.74, 6) is -0.239. The van der Waals surface area contributed by atoms with E-state index in [1.165, 1.54) is 0 Å². The second kappa shape index (κ2) is 7.06. The molecule has 1 saturated heterocycles. The lowest BCUT2D eigenvalue weighted by Crippen LogP contribution is -2.53. The van der Waals surface area contributed by atoms with Crippen LogP contribution in [-0.2, 0) is 14.3 Å². The first kappa shape index (κ1) is 16.2. The van der Waals surface area contributed by atoms with Crippen LogP contribution in [0.2, 0.25) is 0 Å². The maximum atomic E-state index is 11.9. The van der Waals surface area contributed by atoms with Gasteiger partial charge in [-0.3, -0.25) is 4.79 Å². The molecule has 5 nitrogen and oxygen atoms in total. The fourth-order valence-electron chi connectivity index (χ4n) is 1.80. The van der Waals surface area contributed by atoms with Gasteiger partial charge in [-0.05, 0) is 6.92 Å². The molecule has 0 saturated carbocycles. The topological polar surface area (TPSA) is 64.8 Å². The highest BCUT2D eigenvalue weighted by Crippen LogP contribution is 2.15. The van der Waals surface area contributed by atoms with Gasteiger partial charge in [-0.1, -0.05) is 0 Å². The molecule has 2 atom stereocenters. The molecule has 0 spiro atoms. The molecule has 0 aromatic carbocycles. The van der Waals surface area contributed by atoms with Gasteiger partial charge in [0.25, 0.3) is 0 Å². The van der Waals surface area contributed by atoms with Crippen molar-refractivity contribution >= 4 is 5.91 Å². The summed E-state index contributed by atoms with van der Waals surface area (Å²) in [5.41, 5.74) is 5.47. The second-order valence-electron chi connectivity index (χ2n) is 4.50. The number of halogens is 3. The summed E-state index contributed by atoms with van der Waals surface area (Å²) in [6.45, 7) is 1.31. The van der Waals surface area contributed by atoms with Crippen LogP contribution in [0.3, 0.4) is 0 Å². The van der Waals surface area contributed by atoms with E-state index < -0.39 is 12.8 Å². The Morgan fingerprint density at radius 2 is 2.21 bits per heavy atom. The standard InChI is InChI=1S/C11H19F3N2O3/c1-8-6-19-9(4-15)5-16(8)10(17)2-3-18-7-11(12,13)14/h8-9H,2-7,15H2,1H3. The van der Waals surface area contributed by atoms with Gasteiger partial charge in [-0.25, -0.2) is 0 Å². The van der Waals surface area contributed by atoms with Gasteiger partial charge in [-0.2, -0.15) is 13.2 Å². The van der Waals surface area contributed by atoms with E-state index in [0.29, 0.717) is 19.7 Å². The SMILES string of the molecule is CC1COC(CN)CN1C(=O)CCOCC(F)(F)F. The minimum absolute atomic E-state index is 0.0717. The van der Waals surface area contributed by atoms with Gasteiger partial charge < -0.3 is 20.1 Å². The molecule has 1 aliphatic rings. The molecule has 1 aliphatic heterocycles. The molecule has 0 bridgehead atoms. The van der Waals surface area contributed by atoms with Crippen LogP contribution in [0.5, 0.6) is 0 Å². The van der Waals surface area contributed by atoms with Gasteiger partial charge >= 0.3 is 6.18 Å². The average molecular weight is 284 g/mol. The number of carbonyl (C=O) groups excluding carboxylic acids is 1. The number of rotatable bonds is 5. The molecule has 8 heteroatoms. The molecule has 1 heterocycles. The van der Waals surface area contributed by atoms with E-state index in [9.17, 15) is 18.0 Å². The van der Waals surface area contributed by atoms with Gasteiger partial charge in [0.2, 0.25) is 5.91 Å². The molecule has 0 aromatic rings. The zero-order valence-corrected chi connectivity index (χ0v) is 10.8. The Morgan fingerprint density at radius 1 is 1.53 bits per heavy atom. The van der Waals surface area contributed by atoms with Crippen LogP contribution in [-0.4, -0.2) is 62.0 Å². The van der Waals surface area contributed by atoms with Crippen molar-refractivity contribution in [2.24, 2.45) is 5.73 Å². The number of amides is 1. The number of hydrogen-bond acceptors (Lipinski definition) is 4. The lowest BCUT2D eigenvalue weighted by molar-refractivity contribution is -0.176. The van der Waals surface area contributed by atoms with Crippen LogP contribution >= 0.6 is 0 Å². The van der Waals surface area contributed by atoms with Gasteiger partial charge in [0.15, 0.2) is 0 Å². The summed E-state index contributed by atoms with van der Waals surface area (Å²) < 4.78 is 45.3. The molecule has 0 aliphatic carbocycles. The van der Waals surface area contributed by atoms with E-state index in [1.807, 2.05) is 6.92 Å². The van der Waals surface area contributed by atoms with Crippen LogP contribution in [0.1, 0.15) is 13.3 Å². The van der Waals surface area contributed by atoms with Crippen LogP contribution in [0.4, 0.5) is 13.2 Å². The Hall–Kier alpha value is -0.860. The summed E-state index contributed by atoms with van der Waals surface area (Å²) >= 11 is 0. The Kier molecular flexibility index (Phi) is 6.02. The first-order valence-corrected chi connectivity index (χ1v) is 6.09. The van der Waals surface area contributed by atoms with Crippen molar-refractivity contribution in [2.75, 3.05) is 32.9 Å². The summed E-state index contributed by atoms with van der Waals surface area (Å²) in [6.07, 6.45) is -4.64. The first-order chi connectivity index (χ1) is 8.83. The lowest BCUT2D eigenvalue weighted by atomic mass is 10.2. The third kappa shape index (κ3) is 5.75. The first-order valence-electron chi connectivity index (χ1n) is 6.09. The van der Waals surface area contributed by atoms with Crippen LogP contribution in [0.25, 0.3) is 0 Å². The third-order valence-electron chi connectivity index (χ3n) is 2.81. The summed E-state index contributed by atoms with van der Waals surface area (Å²) in [4.78, 5) is 13.4. The van der Waals surface area contributed by atoms with E-state index in [1.54, 1.807) is 4.90 Å². The number of nitrogens with zero attached hydrogens (tertiary/aromatic N) is 1. The number of carbonyl (C=O) groups is 1. The fraction of sp³-hybridized carbons (Fsp3) is 0.909. The summed E-state index contributed by atoms with van der Waals surface area (Å²) in [7, 11) is 0. The minimum atomic E-state index is -4.36. The molecule has 2 N–H and O–H groups in total. The second-order valence-corrected chi connectivity index (χ2v) is 4.50. The quantitative estimate of drug-likeness (QED) is 0.748. The van der Waals surface area contributed by atoms with E-state index >= 15 is 0 Å². The summed E-state index contributed by atoms with van der Waals surface area (Å²) in [5, 5.41) is 0. The molecule has 1 rings (SSSR count). The molecule has 0 radical (unpaired) electrons. The maximum Gasteiger partial charge on any atom is 0.411 e. The highest BCUT2D eigenvalue weighted by molar-refractivity contribution is 5.76. The van der Waals surface area contributed by atoms with Crippen molar-refractivity contribution in [1.82, 2.24) is 4.90 Å². The fourth-order valence-corrected chi connectivity index (χ4v) is 1.80. The molecular formula is C11H19F3N2O3. The number of morpholine rings is 1. The smallest absolute Gasteiger partial charge is 0.373 e. The van der Waals surface area contributed by atoms with Gasteiger partial charge in [0.05, 0.1) is 31.8 Å². The Labute approximate surface area is 109 Å². The number of alkyl halides is 3. The average Bonchev–Trinajstić information content (AvgIpc) is 2.34. The van der Waals surface area contributed by atoms with Crippen molar-refractivity contribution < 1.29 is 27.4 Å². The number of nitrogens with two attached hydrogens (primary N) is 1. The molecule has 2 unspecified atom stereocenters. The number of ether oxygens (including phenoxy) is 2. The molecular weight excluding hydrogens is 265 g/mol. The number of hydrogen-bond donors (Lipinski definition) is 1. The van der Waals surface area contributed by atoms with Crippen molar-refractivity contribution in [3.8, 4) is 0 Å². The van der Waals surface area contributed by atoms with Crippen molar-refractivity contribution in [1.29, 1.82) is 0 Å². The predicted molar refractivity (Wildman–Crippen MR) is 61.5 cm³/mol. The predicted octanol–water partition coefficient (Wildman–Crippen LogP) is 0.530. The zero-order chi connectivity index (χ0) is 14.5. The Balaban J connectivity index is 2.31. The maximum absolute atomic E-state index is 11.9. The van der Waals surface area contributed by atoms with Gasteiger partial charge in [-0.15, -0.1) is 0 Å².